The predicted molar refractivity (Wildman–Crippen MR) is 110 cm³/mol. The van der Waals surface area contributed by atoms with E-state index >= 15 is 0 Å². The molecule has 1 aromatic carbocycles. The van der Waals surface area contributed by atoms with Crippen molar-refractivity contribution in [3.63, 3.8) is 0 Å². The van der Waals surface area contributed by atoms with Gasteiger partial charge in [-0.05, 0) is 43.5 Å². The van der Waals surface area contributed by atoms with Crippen molar-refractivity contribution < 1.29 is 4.39 Å². The first-order chi connectivity index (χ1) is 13.6. The molecule has 2 aromatic rings. The van der Waals surface area contributed by atoms with Gasteiger partial charge in [0.1, 0.15) is 18.0 Å². The van der Waals surface area contributed by atoms with Gasteiger partial charge in [-0.2, -0.15) is 0 Å². The van der Waals surface area contributed by atoms with E-state index in [1.54, 1.807) is 19.4 Å². The smallest absolute Gasteiger partial charge is 0.191 e. The van der Waals surface area contributed by atoms with Crippen molar-refractivity contribution in [1.29, 1.82) is 0 Å². The largest absolute Gasteiger partial charge is 0.369 e. The highest BCUT2D eigenvalue weighted by Crippen LogP contribution is 2.24. The van der Waals surface area contributed by atoms with Gasteiger partial charge in [-0.15, -0.1) is 10.2 Å². The van der Waals surface area contributed by atoms with Crippen molar-refractivity contribution in [2.24, 2.45) is 4.99 Å². The van der Waals surface area contributed by atoms with E-state index in [1.165, 1.54) is 6.07 Å². The lowest BCUT2D eigenvalue weighted by atomic mass is 10.0. The minimum Gasteiger partial charge on any atom is -0.369 e. The number of nitrogens with zero attached hydrogens (tertiary/aromatic N) is 5. The number of aromatic nitrogens is 3. The van der Waals surface area contributed by atoms with Crippen LogP contribution in [0.3, 0.4) is 0 Å². The molecule has 0 aliphatic carbocycles. The van der Waals surface area contributed by atoms with Crippen molar-refractivity contribution in [2.75, 3.05) is 31.6 Å². The maximum Gasteiger partial charge on any atom is 0.191 e. The Morgan fingerprint density at radius 3 is 3.00 bits per heavy atom. The van der Waals surface area contributed by atoms with E-state index in [4.69, 9.17) is 0 Å². The Labute approximate surface area is 166 Å². The third kappa shape index (κ3) is 4.99. The van der Waals surface area contributed by atoms with Gasteiger partial charge in [-0.3, -0.25) is 4.99 Å². The van der Waals surface area contributed by atoms with E-state index in [1.807, 2.05) is 13.0 Å². The molecule has 152 valence electrons. The molecule has 1 unspecified atom stereocenters. The van der Waals surface area contributed by atoms with Gasteiger partial charge in [0.05, 0.1) is 0 Å². The maximum atomic E-state index is 13.4. The minimum atomic E-state index is -0.183. The van der Waals surface area contributed by atoms with E-state index in [9.17, 15) is 4.39 Å². The van der Waals surface area contributed by atoms with Crippen LogP contribution in [0.1, 0.15) is 31.2 Å². The van der Waals surface area contributed by atoms with E-state index < -0.39 is 0 Å². The summed E-state index contributed by atoms with van der Waals surface area (Å²) < 4.78 is 15.5. The molecular weight excluding hydrogens is 357 g/mol. The van der Waals surface area contributed by atoms with Crippen LogP contribution in [0.5, 0.6) is 0 Å². The van der Waals surface area contributed by atoms with Crippen LogP contribution >= 0.6 is 0 Å². The molecule has 0 amide bonds. The Balaban J connectivity index is 1.52. The van der Waals surface area contributed by atoms with Crippen LogP contribution < -0.4 is 15.5 Å². The van der Waals surface area contributed by atoms with E-state index in [2.05, 4.69) is 42.2 Å². The van der Waals surface area contributed by atoms with Crippen molar-refractivity contribution in [3.8, 4) is 0 Å². The summed E-state index contributed by atoms with van der Waals surface area (Å²) in [5, 5.41) is 15.0. The summed E-state index contributed by atoms with van der Waals surface area (Å²) in [5.74, 6) is 1.60. The van der Waals surface area contributed by atoms with E-state index in [-0.39, 0.29) is 5.82 Å². The summed E-state index contributed by atoms with van der Waals surface area (Å²) in [4.78, 5) is 6.68. The Kier molecular flexibility index (Phi) is 6.84. The van der Waals surface area contributed by atoms with Crippen LogP contribution in [0.2, 0.25) is 0 Å². The van der Waals surface area contributed by atoms with Gasteiger partial charge in [0.25, 0.3) is 0 Å². The molecule has 0 saturated carbocycles. The third-order valence-corrected chi connectivity index (χ3v) is 5.14. The molecule has 1 aromatic heterocycles. The van der Waals surface area contributed by atoms with Crippen LogP contribution in [0.4, 0.5) is 10.1 Å². The highest BCUT2D eigenvalue weighted by atomic mass is 19.1. The molecule has 1 atom stereocenters. The second kappa shape index (κ2) is 9.52. The first kappa shape index (κ1) is 20.1. The molecule has 2 heterocycles. The third-order valence-electron chi connectivity index (χ3n) is 5.14. The lowest BCUT2D eigenvalue weighted by molar-refractivity contribution is 0.466. The Bertz CT molecular complexity index is 802. The van der Waals surface area contributed by atoms with Gasteiger partial charge in [0, 0.05) is 51.4 Å². The number of guanidine groups is 1. The van der Waals surface area contributed by atoms with E-state index in [0.717, 1.165) is 68.5 Å². The number of nitrogens with one attached hydrogen (secondary N) is 2. The van der Waals surface area contributed by atoms with Crippen LogP contribution in [0.25, 0.3) is 0 Å². The molecule has 2 N–H and O–H groups in total. The number of piperidine rings is 1. The average molecular weight is 388 g/mol. The number of aryl methyl sites for hydroxylation is 2. The molecule has 0 spiro atoms. The summed E-state index contributed by atoms with van der Waals surface area (Å²) in [6, 6.07) is 5.31. The number of hydrogen-bond acceptors (Lipinski definition) is 4. The number of rotatable bonds is 6. The first-order valence-electron chi connectivity index (χ1n) is 9.95. The molecular formula is C20H30FN7. The minimum absolute atomic E-state index is 0.183. The molecule has 8 heteroatoms. The highest BCUT2D eigenvalue weighted by Gasteiger charge is 2.22. The van der Waals surface area contributed by atoms with Crippen molar-refractivity contribution in [3.05, 3.63) is 41.7 Å². The van der Waals surface area contributed by atoms with Crippen molar-refractivity contribution >= 4 is 11.6 Å². The van der Waals surface area contributed by atoms with Gasteiger partial charge >= 0.3 is 0 Å². The number of aliphatic imine (C=N–C) groups is 1. The van der Waals surface area contributed by atoms with Crippen molar-refractivity contribution in [1.82, 2.24) is 25.4 Å². The zero-order valence-electron chi connectivity index (χ0n) is 17.0. The highest BCUT2D eigenvalue weighted by molar-refractivity contribution is 5.80. The Morgan fingerprint density at radius 2 is 2.25 bits per heavy atom. The zero-order valence-corrected chi connectivity index (χ0v) is 17.0. The maximum absolute atomic E-state index is 13.4. The molecule has 1 aliphatic heterocycles. The van der Waals surface area contributed by atoms with Crippen LogP contribution in [0, 0.1) is 12.7 Å². The summed E-state index contributed by atoms with van der Waals surface area (Å²) in [5.41, 5.74) is 2.08. The number of anilines is 1. The van der Waals surface area contributed by atoms with Crippen molar-refractivity contribution in [2.45, 2.75) is 45.7 Å². The van der Waals surface area contributed by atoms with Gasteiger partial charge in [-0.25, -0.2) is 4.39 Å². The second-order valence-corrected chi connectivity index (χ2v) is 7.15. The Hall–Kier alpha value is -2.64. The number of benzene rings is 1. The lowest BCUT2D eigenvalue weighted by Crippen LogP contribution is -2.51. The second-order valence-electron chi connectivity index (χ2n) is 7.15. The lowest BCUT2D eigenvalue weighted by Gasteiger charge is -2.36. The monoisotopic (exact) mass is 387 g/mol. The van der Waals surface area contributed by atoms with Gasteiger partial charge in [0.2, 0.25) is 0 Å². The molecule has 1 aliphatic rings. The number of halogens is 1. The van der Waals surface area contributed by atoms with Gasteiger partial charge in [0.15, 0.2) is 5.96 Å². The predicted octanol–water partition coefficient (Wildman–Crippen LogP) is 2.12. The average Bonchev–Trinajstić information content (AvgIpc) is 3.15. The zero-order chi connectivity index (χ0) is 19.9. The standard InChI is InChI=1S/C20H30FN7/c1-4-19-26-24-14-28(19)11-9-23-20(22-3)25-17-6-5-10-27(13-17)18-8-7-16(21)12-15(18)2/h7-8,12,14,17H,4-6,9-11,13H2,1-3H3,(H2,22,23,25). The van der Waals surface area contributed by atoms with Crippen LogP contribution in [0.15, 0.2) is 29.5 Å². The van der Waals surface area contributed by atoms with E-state index in [0.29, 0.717) is 6.04 Å². The quantitative estimate of drug-likeness (QED) is 0.587. The molecule has 0 radical (unpaired) electrons. The molecule has 7 nitrogen and oxygen atoms in total. The fourth-order valence-corrected chi connectivity index (χ4v) is 3.71. The SMILES string of the molecule is CCc1nncn1CCNC(=NC)NC1CCCN(c2ccc(F)cc2C)C1. The van der Waals surface area contributed by atoms with Gasteiger partial charge < -0.3 is 20.1 Å². The first-order valence-corrected chi connectivity index (χ1v) is 9.95. The molecule has 3 rings (SSSR count). The summed E-state index contributed by atoms with van der Waals surface area (Å²) in [7, 11) is 1.79. The normalized spacial score (nSPS) is 17.6. The summed E-state index contributed by atoms with van der Waals surface area (Å²) in [6.45, 7) is 7.45. The van der Waals surface area contributed by atoms with Gasteiger partial charge in [-0.1, -0.05) is 6.92 Å². The fraction of sp³-hybridized carbons (Fsp3) is 0.550. The molecule has 1 saturated heterocycles. The van der Waals surface area contributed by atoms with Crippen LogP contribution in [-0.4, -0.2) is 53.4 Å². The fourth-order valence-electron chi connectivity index (χ4n) is 3.71. The molecule has 28 heavy (non-hydrogen) atoms. The topological polar surface area (TPSA) is 70.4 Å². The Morgan fingerprint density at radius 1 is 1.39 bits per heavy atom. The van der Waals surface area contributed by atoms with Crippen LogP contribution in [-0.2, 0) is 13.0 Å². The molecule has 1 fully saturated rings. The molecule has 0 bridgehead atoms. The number of hydrogen-bond donors (Lipinski definition) is 2. The summed E-state index contributed by atoms with van der Waals surface area (Å²) in [6.07, 6.45) is 4.81. The summed E-state index contributed by atoms with van der Waals surface area (Å²) >= 11 is 0.